The van der Waals surface area contributed by atoms with E-state index in [4.69, 9.17) is 21.4 Å². The van der Waals surface area contributed by atoms with Crippen LogP contribution in [0.2, 0.25) is 5.02 Å². The maximum atomic E-state index is 12.9. The molecule has 1 aliphatic rings. The number of alkyl halides is 2. The lowest BCUT2D eigenvalue weighted by Crippen LogP contribution is -2.33. The van der Waals surface area contributed by atoms with Gasteiger partial charge >= 0.3 is 5.97 Å². The Labute approximate surface area is 114 Å². The van der Waals surface area contributed by atoms with Crippen molar-refractivity contribution < 1.29 is 23.4 Å². The topological polar surface area (TPSA) is 46.5 Å². The molecule has 1 aliphatic carbocycles. The van der Waals surface area contributed by atoms with E-state index in [2.05, 4.69) is 0 Å². The van der Waals surface area contributed by atoms with Crippen molar-refractivity contribution in [3.05, 3.63) is 28.3 Å². The summed E-state index contributed by atoms with van der Waals surface area (Å²) < 4.78 is 30.8. The average molecular weight is 291 g/mol. The molecule has 3 nitrogen and oxygen atoms in total. The van der Waals surface area contributed by atoms with Gasteiger partial charge < -0.3 is 9.84 Å². The minimum Gasteiger partial charge on any atom is -0.495 e. The first-order chi connectivity index (χ1) is 8.82. The van der Waals surface area contributed by atoms with E-state index >= 15 is 0 Å². The van der Waals surface area contributed by atoms with Gasteiger partial charge in [0.25, 0.3) is 0 Å². The van der Waals surface area contributed by atoms with E-state index in [9.17, 15) is 13.6 Å². The Morgan fingerprint density at radius 2 is 2.16 bits per heavy atom. The summed E-state index contributed by atoms with van der Waals surface area (Å²) >= 11 is 6.01. The van der Waals surface area contributed by atoms with Gasteiger partial charge in [-0.25, -0.2) is 8.78 Å². The third kappa shape index (κ3) is 2.97. The molecule has 1 aromatic carbocycles. The number of hydrogen-bond acceptors (Lipinski definition) is 2. The molecule has 1 fully saturated rings. The quantitative estimate of drug-likeness (QED) is 0.923. The Morgan fingerprint density at radius 1 is 1.53 bits per heavy atom. The number of hydrogen-bond donors (Lipinski definition) is 1. The van der Waals surface area contributed by atoms with Crippen molar-refractivity contribution in [2.24, 2.45) is 0 Å². The van der Waals surface area contributed by atoms with Crippen LogP contribution in [0.15, 0.2) is 12.1 Å². The molecular weight excluding hydrogens is 278 g/mol. The molecular formula is C13H13ClF2O3. The smallest absolute Gasteiger partial charge is 0.307 e. The third-order valence-corrected chi connectivity index (χ3v) is 3.53. The summed E-state index contributed by atoms with van der Waals surface area (Å²) in [7, 11) is 1.39. The predicted molar refractivity (Wildman–Crippen MR) is 66.3 cm³/mol. The van der Waals surface area contributed by atoms with Crippen molar-refractivity contribution in [1.29, 1.82) is 0 Å². The van der Waals surface area contributed by atoms with Crippen molar-refractivity contribution in [1.82, 2.24) is 0 Å². The molecule has 0 amide bonds. The number of carbonyl (C=O) groups is 1. The summed E-state index contributed by atoms with van der Waals surface area (Å²) in [5, 5.41) is 9.10. The number of carboxylic acid groups (broad SMARTS) is 1. The van der Waals surface area contributed by atoms with Crippen molar-refractivity contribution in [2.45, 2.75) is 31.1 Å². The first-order valence-corrected chi connectivity index (χ1v) is 6.16. The molecule has 6 heteroatoms. The van der Waals surface area contributed by atoms with E-state index in [0.29, 0.717) is 16.9 Å². The van der Waals surface area contributed by atoms with E-state index < -0.39 is 11.9 Å². The molecule has 0 aromatic heterocycles. The SMILES string of the molecule is COc1c(Cl)cc(C2CC(F)(F)C2)cc1CC(=O)O. The van der Waals surface area contributed by atoms with Crippen molar-refractivity contribution in [3.8, 4) is 5.75 Å². The number of halogens is 3. The lowest BCUT2D eigenvalue weighted by atomic mass is 9.76. The Morgan fingerprint density at radius 3 is 2.63 bits per heavy atom. The first kappa shape index (κ1) is 14.1. The highest BCUT2D eigenvalue weighted by molar-refractivity contribution is 6.32. The van der Waals surface area contributed by atoms with Gasteiger partial charge in [0.15, 0.2) is 0 Å². The largest absolute Gasteiger partial charge is 0.495 e. The summed E-state index contributed by atoms with van der Waals surface area (Å²) in [5.74, 6) is -3.63. The Bertz CT molecular complexity index is 509. The molecule has 0 heterocycles. The second-order valence-corrected chi connectivity index (χ2v) is 5.13. The van der Waals surface area contributed by atoms with Gasteiger partial charge in [0.2, 0.25) is 5.92 Å². The summed E-state index contributed by atoms with van der Waals surface area (Å²) in [6.07, 6.45) is -0.690. The fourth-order valence-corrected chi connectivity index (χ4v) is 2.65. The molecule has 0 saturated heterocycles. The molecule has 0 atom stereocenters. The van der Waals surface area contributed by atoms with Crippen LogP contribution in [-0.2, 0) is 11.2 Å². The highest BCUT2D eigenvalue weighted by Crippen LogP contribution is 2.49. The Hall–Kier alpha value is -1.36. The highest BCUT2D eigenvalue weighted by Gasteiger charge is 2.46. The number of carboxylic acids is 1. The Kier molecular flexibility index (Phi) is 3.67. The zero-order chi connectivity index (χ0) is 14.2. The minimum atomic E-state index is -2.62. The maximum absolute atomic E-state index is 12.9. The summed E-state index contributed by atoms with van der Waals surface area (Å²) in [5.41, 5.74) is 1.06. The molecule has 1 aromatic rings. The van der Waals surface area contributed by atoms with E-state index in [1.165, 1.54) is 7.11 Å². The van der Waals surface area contributed by atoms with E-state index in [0.717, 1.165) is 0 Å². The van der Waals surface area contributed by atoms with Crippen LogP contribution in [-0.4, -0.2) is 24.1 Å². The van der Waals surface area contributed by atoms with Gasteiger partial charge in [-0.1, -0.05) is 17.7 Å². The second kappa shape index (κ2) is 4.96. The molecule has 19 heavy (non-hydrogen) atoms. The zero-order valence-corrected chi connectivity index (χ0v) is 11.0. The lowest BCUT2D eigenvalue weighted by molar-refractivity contribution is -0.136. The molecule has 1 saturated carbocycles. The minimum absolute atomic E-state index is 0.220. The van der Waals surface area contributed by atoms with E-state index in [-0.39, 0.29) is 30.2 Å². The fraction of sp³-hybridized carbons (Fsp3) is 0.462. The van der Waals surface area contributed by atoms with E-state index in [1.807, 2.05) is 0 Å². The second-order valence-electron chi connectivity index (χ2n) is 4.73. The number of benzene rings is 1. The normalized spacial score (nSPS) is 17.9. The van der Waals surface area contributed by atoms with Crippen LogP contribution in [0.1, 0.15) is 29.9 Å². The van der Waals surface area contributed by atoms with Crippen LogP contribution in [0, 0.1) is 0 Å². The highest BCUT2D eigenvalue weighted by atomic mass is 35.5. The van der Waals surface area contributed by atoms with Gasteiger partial charge in [-0.15, -0.1) is 0 Å². The third-order valence-electron chi connectivity index (χ3n) is 3.25. The van der Waals surface area contributed by atoms with Crippen LogP contribution in [0.3, 0.4) is 0 Å². The van der Waals surface area contributed by atoms with Gasteiger partial charge in [-0.3, -0.25) is 4.79 Å². The molecule has 0 aliphatic heterocycles. The number of aliphatic carboxylic acids is 1. The summed E-state index contributed by atoms with van der Waals surface area (Å²) in [4.78, 5) is 10.8. The van der Waals surface area contributed by atoms with Gasteiger partial charge in [-0.05, 0) is 17.5 Å². The maximum Gasteiger partial charge on any atom is 0.307 e. The molecule has 0 bridgehead atoms. The Balaban J connectivity index is 2.31. The summed E-state index contributed by atoms with van der Waals surface area (Å²) in [6, 6.07) is 3.17. The van der Waals surface area contributed by atoms with E-state index in [1.54, 1.807) is 12.1 Å². The monoisotopic (exact) mass is 290 g/mol. The van der Waals surface area contributed by atoms with Crippen LogP contribution in [0.4, 0.5) is 8.78 Å². The number of methoxy groups -OCH3 is 1. The van der Waals surface area contributed by atoms with Crippen molar-refractivity contribution >= 4 is 17.6 Å². The molecule has 1 N–H and O–H groups in total. The lowest BCUT2D eigenvalue weighted by Gasteiger charge is -2.35. The van der Waals surface area contributed by atoms with Crippen LogP contribution in [0.25, 0.3) is 0 Å². The molecule has 0 spiro atoms. The number of ether oxygens (including phenoxy) is 1. The average Bonchev–Trinajstić information content (AvgIpc) is 2.24. The van der Waals surface area contributed by atoms with Crippen LogP contribution < -0.4 is 4.74 Å². The fourth-order valence-electron chi connectivity index (χ4n) is 2.33. The molecule has 104 valence electrons. The van der Waals surface area contributed by atoms with Crippen LogP contribution in [0.5, 0.6) is 5.75 Å². The number of rotatable bonds is 4. The van der Waals surface area contributed by atoms with Crippen molar-refractivity contribution in [2.75, 3.05) is 7.11 Å². The van der Waals surface area contributed by atoms with Crippen LogP contribution >= 0.6 is 11.6 Å². The van der Waals surface area contributed by atoms with Gasteiger partial charge in [0, 0.05) is 18.4 Å². The molecule has 0 unspecified atom stereocenters. The first-order valence-electron chi connectivity index (χ1n) is 5.78. The van der Waals surface area contributed by atoms with Crippen molar-refractivity contribution in [3.63, 3.8) is 0 Å². The standard InChI is InChI=1S/C13H13ClF2O3/c1-19-12-8(4-11(17)18)2-7(3-10(12)14)9-5-13(15,16)6-9/h2-3,9H,4-6H2,1H3,(H,17,18). The molecule has 0 radical (unpaired) electrons. The molecule has 2 rings (SSSR count). The van der Waals surface area contributed by atoms with Gasteiger partial charge in [-0.2, -0.15) is 0 Å². The zero-order valence-electron chi connectivity index (χ0n) is 10.3. The summed E-state index contributed by atoms with van der Waals surface area (Å²) in [6.45, 7) is 0. The van der Waals surface area contributed by atoms with Gasteiger partial charge in [0.1, 0.15) is 5.75 Å². The predicted octanol–water partition coefficient (Wildman–Crippen LogP) is 3.49. The van der Waals surface area contributed by atoms with Gasteiger partial charge in [0.05, 0.1) is 18.6 Å².